The van der Waals surface area contributed by atoms with Crippen molar-refractivity contribution in [2.45, 2.75) is 13.3 Å². The van der Waals surface area contributed by atoms with Crippen LogP contribution in [0, 0.1) is 19.3 Å². The van der Waals surface area contributed by atoms with E-state index in [9.17, 15) is 0 Å². The van der Waals surface area contributed by atoms with Gasteiger partial charge in [0.05, 0.1) is 23.8 Å². The maximum atomic E-state index is 6.00. The number of ether oxygens (including phenoxy) is 2. The minimum absolute atomic E-state index is 0.315. The van der Waals surface area contributed by atoms with Gasteiger partial charge in [0.1, 0.15) is 35.0 Å². The molecule has 4 aromatic heterocycles. The van der Waals surface area contributed by atoms with Crippen molar-refractivity contribution in [2.75, 3.05) is 19.0 Å². The molecule has 9 heteroatoms. The third-order valence-corrected chi connectivity index (χ3v) is 6.47. The first-order valence-electron chi connectivity index (χ1n) is 11.8. The van der Waals surface area contributed by atoms with Crippen LogP contribution in [0.25, 0.3) is 33.4 Å². The molecule has 0 atom stereocenters. The molecule has 5 aromatic rings. The summed E-state index contributed by atoms with van der Waals surface area (Å²) in [5, 5.41) is 4.41. The molecular weight excluding hydrogens is 466 g/mol. The lowest BCUT2D eigenvalue weighted by Crippen LogP contribution is -2.10. The molecule has 0 unspecified atom stereocenters. The summed E-state index contributed by atoms with van der Waals surface area (Å²) >= 11 is 0. The molecule has 0 bridgehead atoms. The van der Waals surface area contributed by atoms with Gasteiger partial charge in [0.15, 0.2) is 0 Å². The Hall–Kier alpha value is -4.97. The quantitative estimate of drug-likeness (QED) is 0.367. The van der Waals surface area contributed by atoms with Crippen molar-refractivity contribution in [1.82, 2.24) is 29.5 Å². The van der Waals surface area contributed by atoms with Crippen molar-refractivity contribution in [3.8, 4) is 52.2 Å². The Balaban J connectivity index is 1.59. The molecule has 0 spiro atoms. The van der Waals surface area contributed by atoms with E-state index in [1.165, 1.54) is 0 Å². The normalized spacial score (nSPS) is 12.2. The summed E-state index contributed by atoms with van der Waals surface area (Å²) in [4.78, 5) is 22.2. The number of hydrogen-bond donors (Lipinski definition) is 1. The maximum absolute atomic E-state index is 6.00. The van der Waals surface area contributed by atoms with Gasteiger partial charge >= 0.3 is 6.01 Å². The van der Waals surface area contributed by atoms with Crippen LogP contribution in [0.15, 0.2) is 49.1 Å². The number of nitrogens with one attached hydrogen (secondary N) is 1. The first kappa shape index (κ1) is 22.5. The maximum Gasteiger partial charge on any atom is 0.322 e. The Bertz CT molecular complexity index is 1720. The second kappa shape index (κ2) is 8.91. The van der Waals surface area contributed by atoms with E-state index >= 15 is 0 Å². The molecule has 1 N–H and O–H groups in total. The van der Waals surface area contributed by atoms with Crippen LogP contribution in [-0.4, -0.2) is 43.1 Å². The van der Waals surface area contributed by atoms with Gasteiger partial charge in [0, 0.05) is 43.3 Å². The van der Waals surface area contributed by atoms with Crippen LogP contribution in [0.4, 0.5) is 5.82 Å². The summed E-state index contributed by atoms with van der Waals surface area (Å²) in [5.41, 5.74) is 7.01. The van der Waals surface area contributed by atoms with Crippen LogP contribution >= 0.6 is 0 Å². The molecule has 5 heterocycles. The third-order valence-electron chi connectivity index (χ3n) is 6.47. The van der Waals surface area contributed by atoms with Crippen molar-refractivity contribution in [1.29, 1.82) is 0 Å². The summed E-state index contributed by atoms with van der Waals surface area (Å²) in [7, 11) is 3.61. The molecule has 9 nitrogen and oxygen atoms in total. The van der Waals surface area contributed by atoms with E-state index in [4.69, 9.17) is 15.9 Å². The van der Waals surface area contributed by atoms with E-state index in [2.05, 4.69) is 42.2 Å². The molecule has 1 aliphatic heterocycles. The number of pyridine rings is 1. The predicted molar refractivity (Wildman–Crippen MR) is 141 cm³/mol. The minimum atomic E-state index is 0.315. The summed E-state index contributed by atoms with van der Waals surface area (Å²) < 4.78 is 13.8. The van der Waals surface area contributed by atoms with Crippen LogP contribution in [0.5, 0.6) is 17.5 Å². The second-order valence-electron chi connectivity index (χ2n) is 8.70. The van der Waals surface area contributed by atoms with Crippen molar-refractivity contribution in [2.24, 2.45) is 7.05 Å². The lowest BCUT2D eigenvalue weighted by atomic mass is 9.92. The van der Waals surface area contributed by atoms with Gasteiger partial charge < -0.3 is 19.4 Å². The molecule has 6 rings (SSSR count). The molecule has 1 aliphatic rings. The minimum Gasteiger partial charge on any atom is -0.496 e. The van der Waals surface area contributed by atoms with Gasteiger partial charge in [0.25, 0.3) is 0 Å². The predicted octanol–water partition coefficient (Wildman–Crippen LogP) is 4.55. The highest BCUT2D eigenvalue weighted by atomic mass is 16.5. The summed E-state index contributed by atoms with van der Waals surface area (Å²) in [6.07, 6.45) is 11.4. The molecule has 37 heavy (non-hydrogen) atoms. The molecule has 182 valence electrons. The number of anilines is 1. The zero-order valence-electron chi connectivity index (χ0n) is 20.6. The van der Waals surface area contributed by atoms with Crippen molar-refractivity contribution < 1.29 is 9.47 Å². The third kappa shape index (κ3) is 3.79. The topological polar surface area (TPSA) is 99.9 Å². The van der Waals surface area contributed by atoms with Crippen molar-refractivity contribution in [3.05, 3.63) is 66.0 Å². The molecule has 0 saturated heterocycles. The first-order valence-corrected chi connectivity index (χ1v) is 11.8. The SMILES string of the molecule is C#Cc1cc(OC)c(-c2c3c4c(ncnc4n2C)NCCc2cc(Oc4nccc(C)n4)ccc2-3)cn1. The Labute approximate surface area is 213 Å². The Morgan fingerprint density at radius 2 is 1.97 bits per heavy atom. The van der Waals surface area contributed by atoms with E-state index in [-0.39, 0.29) is 0 Å². The molecule has 0 radical (unpaired) electrons. The van der Waals surface area contributed by atoms with Crippen LogP contribution in [0.2, 0.25) is 0 Å². The summed E-state index contributed by atoms with van der Waals surface area (Å²) in [5.74, 6) is 4.66. The first-order chi connectivity index (χ1) is 18.1. The number of fused-ring (bicyclic) bond motifs is 2. The van der Waals surface area contributed by atoms with E-state index in [1.807, 2.05) is 36.7 Å². The Kier molecular flexibility index (Phi) is 5.42. The summed E-state index contributed by atoms with van der Waals surface area (Å²) in [6, 6.07) is 9.96. The van der Waals surface area contributed by atoms with E-state index in [0.29, 0.717) is 29.7 Å². The average molecular weight is 490 g/mol. The van der Waals surface area contributed by atoms with E-state index < -0.39 is 0 Å². The number of methoxy groups -OCH3 is 1. The molecule has 0 amide bonds. The zero-order valence-corrected chi connectivity index (χ0v) is 20.6. The average Bonchev–Trinajstić information content (AvgIpc) is 3.20. The van der Waals surface area contributed by atoms with E-state index in [0.717, 1.165) is 56.9 Å². The van der Waals surface area contributed by atoms with Gasteiger partial charge in [0.2, 0.25) is 0 Å². The van der Waals surface area contributed by atoms with Gasteiger partial charge in [-0.1, -0.05) is 12.0 Å². The number of terminal acetylenes is 1. The van der Waals surface area contributed by atoms with Gasteiger partial charge in [-0.2, -0.15) is 0 Å². The van der Waals surface area contributed by atoms with Gasteiger partial charge in [-0.25, -0.2) is 24.9 Å². The van der Waals surface area contributed by atoms with Gasteiger partial charge in [-0.15, -0.1) is 6.42 Å². The number of nitrogens with zero attached hydrogens (tertiary/aromatic N) is 6. The Morgan fingerprint density at radius 1 is 1.08 bits per heavy atom. The highest BCUT2D eigenvalue weighted by Gasteiger charge is 2.27. The van der Waals surface area contributed by atoms with Crippen molar-refractivity contribution in [3.63, 3.8) is 0 Å². The van der Waals surface area contributed by atoms with Crippen LogP contribution < -0.4 is 14.8 Å². The summed E-state index contributed by atoms with van der Waals surface area (Å²) in [6.45, 7) is 2.61. The monoisotopic (exact) mass is 489 g/mol. The fourth-order valence-corrected chi connectivity index (χ4v) is 4.81. The van der Waals surface area contributed by atoms with E-state index in [1.54, 1.807) is 31.9 Å². The second-order valence-corrected chi connectivity index (χ2v) is 8.70. The highest BCUT2D eigenvalue weighted by molar-refractivity contribution is 6.09. The van der Waals surface area contributed by atoms with Crippen LogP contribution in [0.3, 0.4) is 0 Å². The number of aromatic nitrogens is 6. The highest BCUT2D eigenvalue weighted by Crippen LogP contribution is 2.46. The fourth-order valence-electron chi connectivity index (χ4n) is 4.81. The van der Waals surface area contributed by atoms with Crippen LogP contribution in [-0.2, 0) is 13.5 Å². The lowest BCUT2D eigenvalue weighted by molar-refractivity contribution is 0.415. The molecule has 0 aliphatic carbocycles. The van der Waals surface area contributed by atoms with Gasteiger partial charge in [-0.3, -0.25) is 0 Å². The standard InChI is InChI=1S/C28H23N7O2/c1-5-18-13-22(36-4)21(14-31-18)25-23-20-7-6-19(37-28-30-10-8-16(2)34-28)12-17(20)9-11-29-26-24(23)27(35(25)3)33-15-32-26/h1,6-8,10,12-15H,9,11H2,2-4H3,(H,29,32,33). The number of hydrogen-bond acceptors (Lipinski definition) is 8. The fraction of sp³-hybridized carbons (Fsp3) is 0.179. The smallest absolute Gasteiger partial charge is 0.322 e. The van der Waals surface area contributed by atoms with Gasteiger partial charge in [-0.05, 0) is 42.7 Å². The molecule has 0 saturated carbocycles. The Morgan fingerprint density at radius 3 is 2.78 bits per heavy atom. The zero-order chi connectivity index (χ0) is 25.5. The number of rotatable bonds is 4. The van der Waals surface area contributed by atoms with Crippen LogP contribution in [0.1, 0.15) is 17.0 Å². The molecule has 1 aromatic carbocycles. The molecule has 0 fully saturated rings. The molecular formula is C28H23N7O2. The van der Waals surface area contributed by atoms with Crippen molar-refractivity contribution >= 4 is 16.9 Å². The lowest BCUT2D eigenvalue weighted by Gasteiger charge is -2.18. The number of benzene rings is 1. The number of aryl methyl sites for hydroxylation is 2. The largest absolute Gasteiger partial charge is 0.496 e.